The number of hydrogen-bond donors (Lipinski definition) is 2. The van der Waals surface area contributed by atoms with Crippen LogP contribution in [0.15, 0.2) is 35.3 Å². The van der Waals surface area contributed by atoms with Gasteiger partial charge in [-0.2, -0.15) is 0 Å². The van der Waals surface area contributed by atoms with E-state index in [2.05, 4.69) is 76.4 Å². The lowest BCUT2D eigenvalue weighted by Gasteiger charge is -2.35. The first kappa shape index (κ1) is 25.0. The van der Waals surface area contributed by atoms with Gasteiger partial charge in [0.2, 0.25) is 0 Å². The molecule has 2 saturated heterocycles. The normalized spacial score (nSPS) is 20.1. The topological polar surface area (TPSA) is 46.1 Å². The molecular formula is C26H46N6. The average Bonchev–Trinajstić information content (AvgIpc) is 2.81. The molecule has 6 heteroatoms. The predicted octanol–water partition coefficient (Wildman–Crippen LogP) is 3.01. The number of piperidine rings is 1. The highest BCUT2D eigenvalue weighted by molar-refractivity contribution is 5.80. The highest BCUT2D eigenvalue weighted by atomic mass is 15.3. The van der Waals surface area contributed by atoms with E-state index in [9.17, 15) is 0 Å². The zero-order valence-corrected chi connectivity index (χ0v) is 20.7. The van der Waals surface area contributed by atoms with Crippen LogP contribution in [0.25, 0.3) is 0 Å². The van der Waals surface area contributed by atoms with Gasteiger partial charge in [-0.15, -0.1) is 0 Å². The van der Waals surface area contributed by atoms with Crippen LogP contribution in [-0.4, -0.2) is 91.6 Å². The van der Waals surface area contributed by atoms with Crippen LogP contribution in [0.1, 0.15) is 52.0 Å². The molecule has 0 aliphatic carbocycles. The fourth-order valence-corrected chi connectivity index (χ4v) is 4.72. The van der Waals surface area contributed by atoms with Crippen LogP contribution < -0.4 is 10.6 Å². The van der Waals surface area contributed by atoms with Crippen LogP contribution in [-0.2, 0) is 6.54 Å². The first-order valence-corrected chi connectivity index (χ1v) is 12.9. The maximum atomic E-state index is 4.86. The van der Waals surface area contributed by atoms with Crippen molar-refractivity contribution >= 4 is 5.96 Å². The Bertz CT molecular complexity index is 646. The summed E-state index contributed by atoms with van der Waals surface area (Å²) in [6.07, 6.45) is 4.80. The minimum Gasteiger partial charge on any atom is -0.357 e. The number of nitrogens with one attached hydrogen (secondary N) is 2. The molecule has 2 aliphatic heterocycles. The van der Waals surface area contributed by atoms with Gasteiger partial charge in [0.05, 0.1) is 0 Å². The Morgan fingerprint density at radius 2 is 1.66 bits per heavy atom. The molecule has 1 aromatic carbocycles. The standard InChI is InChI=1S/C26H46N6/c1-4-27-26(29-25-12-16-32(17-13-25)23(2)3)28-14-8-9-15-30-18-20-31(21-19-30)22-24-10-6-5-7-11-24/h5-7,10-11,23,25H,4,8-9,12-22H2,1-3H3,(H2,27,28,29). The molecule has 1 aromatic rings. The van der Waals surface area contributed by atoms with Gasteiger partial charge in [-0.1, -0.05) is 30.3 Å². The minimum atomic E-state index is 0.551. The molecule has 0 bridgehead atoms. The fraction of sp³-hybridized carbons (Fsp3) is 0.731. The predicted molar refractivity (Wildman–Crippen MR) is 136 cm³/mol. The third-order valence-corrected chi connectivity index (χ3v) is 6.81. The van der Waals surface area contributed by atoms with Gasteiger partial charge in [-0.3, -0.25) is 9.89 Å². The summed E-state index contributed by atoms with van der Waals surface area (Å²) in [5.41, 5.74) is 1.43. The summed E-state index contributed by atoms with van der Waals surface area (Å²) in [5, 5.41) is 7.12. The van der Waals surface area contributed by atoms with Gasteiger partial charge in [0.25, 0.3) is 0 Å². The molecule has 0 atom stereocenters. The largest absolute Gasteiger partial charge is 0.357 e. The smallest absolute Gasteiger partial charge is 0.191 e. The summed E-state index contributed by atoms with van der Waals surface area (Å²) < 4.78 is 0. The van der Waals surface area contributed by atoms with Crippen molar-refractivity contribution in [1.82, 2.24) is 25.3 Å². The Hall–Kier alpha value is -1.63. The fourth-order valence-electron chi connectivity index (χ4n) is 4.72. The van der Waals surface area contributed by atoms with Crippen LogP contribution in [0.3, 0.4) is 0 Å². The molecule has 2 N–H and O–H groups in total. The molecule has 0 radical (unpaired) electrons. The van der Waals surface area contributed by atoms with E-state index >= 15 is 0 Å². The molecule has 3 rings (SSSR count). The van der Waals surface area contributed by atoms with Crippen molar-refractivity contribution in [3.63, 3.8) is 0 Å². The lowest BCUT2D eigenvalue weighted by Crippen LogP contribution is -2.49. The van der Waals surface area contributed by atoms with E-state index in [4.69, 9.17) is 4.99 Å². The van der Waals surface area contributed by atoms with Gasteiger partial charge in [-0.05, 0) is 58.6 Å². The summed E-state index contributed by atoms with van der Waals surface area (Å²) >= 11 is 0. The van der Waals surface area contributed by atoms with Crippen molar-refractivity contribution in [2.24, 2.45) is 4.99 Å². The molecule has 0 unspecified atom stereocenters. The van der Waals surface area contributed by atoms with E-state index in [1.54, 1.807) is 0 Å². The molecule has 2 heterocycles. The lowest BCUT2D eigenvalue weighted by atomic mass is 10.0. The number of aliphatic imine (C=N–C) groups is 1. The second-order valence-corrected chi connectivity index (χ2v) is 9.62. The minimum absolute atomic E-state index is 0.551. The number of likely N-dealkylation sites (tertiary alicyclic amines) is 1. The molecule has 0 saturated carbocycles. The first-order chi connectivity index (χ1) is 15.6. The van der Waals surface area contributed by atoms with Crippen molar-refractivity contribution < 1.29 is 0 Å². The number of hydrogen-bond acceptors (Lipinski definition) is 4. The summed E-state index contributed by atoms with van der Waals surface area (Å²) in [7, 11) is 0. The second kappa shape index (κ2) is 13.8. The monoisotopic (exact) mass is 442 g/mol. The number of guanidine groups is 1. The van der Waals surface area contributed by atoms with Gasteiger partial charge in [-0.25, -0.2) is 0 Å². The highest BCUT2D eigenvalue weighted by Crippen LogP contribution is 2.13. The maximum Gasteiger partial charge on any atom is 0.191 e. The summed E-state index contributed by atoms with van der Waals surface area (Å²) in [5.74, 6) is 1.00. The van der Waals surface area contributed by atoms with Crippen molar-refractivity contribution in [2.75, 3.05) is 58.9 Å². The molecule has 2 fully saturated rings. The van der Waals surface area contributed by atoms with E-state index in [0.29, 0.717) is 12.1 Å². The maximum absolute atomic E-state index is 4.86. The number of benzene rings is 1. The Labute approximate surface area is 196 Å². The van der Waals surface area contributed by atoms with Gasteiger partial charge in [0.15, 0.2) is 5.96 Å². The van der Waals surface area contributed by atoms with Crippen molar-refractivity contribution in [3.05, 3.63) is 35.9 Å². The molecule has 0 amide bonds. The average molecular weight is 443 g/mol. The molecule has 0 aromatic heterocycles. The second-order valence-electron chi connectivity index (χ2n) is 9.62. The van der Waals surface area contributed by atoms with Crippen molar-refractivity contribution in [2.45, 2.75) is 65.1 Å². The molecular weight excluding hydrogens is 396 g/mol. The van der Waals surface area contributed by atoms with Crippen molar-refractivity contribution in [1.29, 1.82) is 0 Å². The van der Waals surface area contributed by atoms with E-state index < -0.39 is 0 Å². The van der Waals surface area contributed by atoms with E-state index in [1.807, 2.05) is 0 Å². The van der Waals surface area contributed by atoms with Gasteiger partial charge >= 0.3 is 0 Å². The highest BCUT2D eigenvalue weighted by Gasteiger charge is 2.21. The van der Waals surface area contributed by atoms with E-state index in [1.165, 1.54) is 70.6 Å². The number of rotatable bonds is 10. The van der Waals surface area contributed by atoms with Gasteiger partial charge < -0.3 is 20.4 Å². The zero-order valence-electron chi connectivity index (χ0n) is 20.7. The Balaban J connectivity index is 1.28. The molecule has 2 aliphatic rings. The van der Waals surface area contributed by atoms with E-state index in [0.717, 1.165) is 32.0 Å². The Morgan fingerprint density at radius 3 is 2.31 bits per heavy atom. The van der Waals surface area contributed by atoms with Crippen LogP contribution in [0.4, 0.5) is 0 Å². The molecule has 32 heavy (non-hydrogen) atoms. The van der Waals surface area contributed by atoms with Crippen LogP contribution in [0, 0.1) is 0 Å². The van der Waals surface area contributed by atoms with Crippen LogP contribution in [0.5, 0.6) is 0 Å². The van der Waals surface area contributed by atoms with Crippen LogP contribution >= 0.6 is 0 Å². The summed E-state index contributed by atoms with van der Waals surface area (Å²) in [6, 6.07) is 12.1. The zero-order chi connectivity index (χ0) is 22.6. The van der Waals surface area contributed by atoms with E-state index in [-0.39, 0.29) is 0 Å². The lowest BCUT2D eigenvalue weighted by molar-refractivity contribution is 0.126. The first-order valence-electron chi connectivity index (χ1n) is 12.9. The number of unbranched alkanes of at least 4 members (excludes halogenated alkanes) is 1. The molecule has 0 spiro atoms. The number of nitrogens with zero attached hydrogens (tertiary/aromatic N) is 4. The van der Waals surface area contributed by atoms with Gasteiger partial charge in [0, 0.05) is 71.0 Å². The Kier molecular flexibility index (Phi) is 10.8. The quantitative estimate of drug-likeness (QED) is 0.331. The third kappa shape index (κ3) is 8.72. The molecule has 6 nitrogen and oxygen atoms in total. The van der Waals surface area contributed by atoms with Gasteiger partial charge in [0.1, 0.15) is 0 Å². The van der Waals surface area contributed by atoms with Crippen LogP contribution in [0.2, 0.25) is 0 Å². The van der Waals surface area contributed by atoms with Crippen molar-refractivity contribution in [3.8, 4) is 0 Å². The number of piperazine rings is 1. The summed E-state index contributed by atoms with van der Waals surface area (Å²) in [4.78, 5) is 12.6. The SMILES string of the molecule is CCNC(=NCCCCN1CCN(Cc2ccccc2)CC1)NC1CCN(C(C)C)CC1. The third-order valence-electron chi connectivity index (χ3n) is 6.81. The Morgan fingerprint density at radius 1 is 0.969 bits per heavy atom. The molecule has 180 valence electrons. The summed E-state index contributed by atoms with van der Waals surface area (Å²) in [6.45, 7) is 18.0.